The van der Waals surface area contributed by atoms with Crippen molar-refractivity contribution in [3.05, 3.63) is 57.3 Å². The molecule has 0 saturated carbocycles. The van der Waals surface area contributed by atoms with E-state index in [-0.39, 0.29) is 22.5 Å². The molecule has 0 fully saturated rings. The molecule has 140 valence electrons. The maximum atomic E-state index is 14.4. The van der Waals surface area contributed by atoms with Crippen molar-refractivity contribution in [2.45, 2.75) is 19.5 Å². The fourth-order valence-electron chi connectivity index (χ4n) is 2.37. The van der Waals surface area contributed by atoms with Crippen LogP contribution in [0.2, 0.25) is 0 Å². The molecule has 2 aromatic carbocycles. The number of aryl methyl sites for hydroxylation is 1. The zero-order valence-electron chi connectivity index (χ0n) is 14.3. The summed E-state index contributed by atoms with van der Waals surface area (Å²) in [6.45, 7) is 1.83. The van der Waals surface area contributed by atoms with Gasteiger partial charge in [-0.25, -0.2) is 4.39 Å². The molecule has 0 aromatic heterocycles. The molecule has 0 bridgehead atoms. The molecule has 3 nitrogen and oxygen atoms in total. The third-order valence-corrected chi connectivity index (χ3v) is 4.41. The minimum atomic E-state index is -4.84. The predicted octanol–water partition coefficient (Wildman–Crippen LogP) is 5.29. The van der Waals surface area contributed by atoms with E-state index in [9.17, 15) is 22.4 Å². The molecule has 0 unspecified atom stereocenters. The van der Waals surface area contributed by atoms with Gasteiger partial charge in [0.1, 0.15) is 5.56 Å². The third kappa shape index (κ3) is 4.55. The van der Waals surface area contributed by atoms with Gasteiger partial charge in [0, 0.05) is 24.3 Å². The summed E-state index contributed by atoms with van der Waals surface area (Å²) in [7, 11) is 3.21. The maximum absolute atomic E-state index is 14.4. The number of amides is 1. The molecule has 0 atom stereocenters. The first kappa shape index (κ1) is 20.2. The summed E-state index contributed by atoms with van der Waals surface area (Å²) in [5.74, 6) is -1.58. The van der Waals surface area contributed by atoms with E-state index >= 15 is 0 Å². The number of hydrogen-bond acceptors (Lipinski definition) is 2. The molecule has 1 N–H and O–H groups in total. The molecule has 8 heteroatoms. The molecule has 0 aliphatic rings. The summed E-state index contributed by atoms with van der Waals surface area (Å²) in [6.07, 6.45) is -4.79. The Hall–Kier alpha value is -2.09. The summed E-state index contributed by atoms with van der Waals surface area (Å²) in [6, 6.07) is 7.43. The zero-order valence-corrected chi connectivity index (χ0v) is 15.9. The van der Waals surface area contributed by atoms with Crippen molar-refractivity contribution in [3.63, 3.8) is 0 Å². The van der Waals surface area contributed by atoms with Crippen LogP contribution in [0.1, 0.15) is 16.7 Å². The second-order valence-corrected chi connectivity index (χ2v) is 6.89. The van der Waals surface area contributed by atoms with Gasteiger partial charge in [0.2, 0.25) is 5.91 Å². The van der Waals surface area contributed by atoms with Gasteiger partial charge in [0.25, 0.3) is 0 Å². The van der Waals surface area contributed by atoms with Crippen LogP contribution in [0.15, 0.2) is 34.8 Å². The van der Waals surface area contributed by atoms with Gasteiger partial charge in [-0.1, -0.05) is 33.6 Å². The van der Waals surface area contributed by atoms with Gasteiger partial charge >= 0.3 is 6.18 Å². The minimum absolute atomic E-state index is 0.0429. The number of carbonyl (C=O) groups is 1. The fourth-order valence-corrected chi connectivity index (χ4v) is 2.90. The van der Waals surface area contributed by atoms with Crippen molar-refractivity contribution in [3.8, 4) is 0 Å². The summed E-state index contributed by atoms with van der Waals surface area (Å²) in [5.41, 5.74) is 0.132. The van der Waals surface area contributed by atoms with Crippen molar-refractivity contribution in [1.82, 2.24) is 4.90 Å². The molecule has 2 aromatic rings. The van der Waals surface area contributed by atoms with Gasteiger partial charge in [-0.2, -0.15) is 13.2 Å². The first-order valence-corrected chi connectivity index (χ1v) is 8.42. The SMILES string of the molecule is Cc1ccc(Nc2ccc(Br)c(C(F)(F)F)c2F)c(CC(=O)N(C)C)c1. The Balaban J connectivity index is 2.45. The molecular weight excluding hydrogens is 416 g/mol. The topological polar surface area (TPSA) is 32.3 Å². The average molecular weight is 433 g/mol. The molecular formula is C18H17BrF4N2O. The van der Waals surface area contributed by atoms with Crippen LogP contribution in [0.25, 0.3) is 0 Å². The molecule has 0 heterocycles. The van der Waals surface area contributed by atoms with Crippen LogP contribution in [0.5, 0.6) is 0 Å². The van der Waals surface area contributed by atoms with Crippen LogP contribution in [-0.2, 0) is 17.4 Å². The number of likely N-dealkylation sites (N-methyl/N-ethyl adjacent to an activating group) is 1. The van der Waals surface area contributed by atoms with E-state index in [1.807, 2.05) is 6.92 Å². The first-order valence-electron chi connectivity index (χ1n) is 7.62. The van der Waals surface area contributed by atoms with Crippen LogP contribution in [0, 0.1) is 12.7 Å². The lowest BCUT2D eigenvalue weighted by molar-refractivity contribution is -0.140. The molecule has 0 aliphatic carbocycles. The number of halogens is 5. The Bertz CT molecular complexity index is 835. The van der Waals surface area contributed by atoms with Crippen molar-refractivity contribution < 1.29 is 22.4 Å². The number of nitrogens with zero attached hydrogens (tertiary/aromatic N) is 1. The van der Waals surface area contributed by atoms with Gasteiger partial charge in [-0.3, -0.25) is 4.79 Å². The lowest BCUT2D eigenvalue weighted by atomic mass is 10.0. The maximum Gasteiger partial charge on any atom is 0.420 e. The van der Waals surface area contributed by atoms with Crippen molar-refractivity contribution in [2.75, 3.05) is 19.4 Å². The van der Waals surface area contributed by atoms with E-state index in [4.69, 9.17) is 0 Å². The summed E-state index contributed by atoms with van der Waals surface area (Å²) in [4.78, 5) is 13.4. The highest BCUT2D eigenvalue weighted by atomic mass is 79.9. The van der Waals surface area contributed by atoms with Crippen molar-refractivity contribution in [2.24, 2.45) is 0 Å². The lowest BCUT2D eigenvalue weighted by Crippen LogP contribution is -2.23. The Labute approximate surface area is 157 Å². The highest BCUT2D eigenvalue weighted by Crippen LogP contribution is 2.40. The average Bonchev–Trinajstić information content (AvgIpc) is 2.50. The highest BCUT2D eigenvalue weighted by molar-refractivity contribution is 9.10. The van der Waals surface area contributed by atoms with E-state index in [2.05, 4.69) is 21.2 Å². The van der Waals surface area contributed by atoms with Crippen LogP contribution in [0.4, 0.5) is 28.9 Å². The molecule has 0 aliphatic heterocycles. The number of benzene rings is 2. The van der Waals surface area contributed by atoms with Crippen LogP contribution in [0.3, 0.4) is 0 Å². The Morgan fingerprint density at radius 3 is 2.35 bits per heavy atom. The normalized spacial score (nSPS) is 11.4. The second kappa shape index (κ2) is 7.65. The first-order chi connectivity index (χ1) is 12.0. The number of nitrogens with one attached hydrogen (secondary N) is 1. The van der Waals surface area contributed by atoms with Gasteiger partial charge in [0.05, 0.1) is 12.1 Å². The van der Waals surface area contributed by atoms with E-state index in [1.54, 1.807) is 32.3 Å². The molecule has 2 rings (SSSR count). The lowest BCUT2D eigenvalue weighted by Gasteiger charge is -2.18. The van der Waals surface area contributed by atoms with Crippen LogP contribution >= 0.6 is 15.9 Å². The molecule has 26 heavy (non-hydrogen) atoms. The Morgan fingerprint density at radius 2 is 1.77 bits per heavy atom. The van der Waals surface area contributed by atoms with Crippen LogP contribution in [-0.4, -0.2) is 24.9 Å². The molecule has 0 spiro atoms. The Morgan fingerprint density at radius 1 is 1.15 bits per heavy atom. The van der Waals surface area contributed by atoms with Gasteiger partial charge < -0.3 is 10.2 Å². The number of rotatable bonds is 4. The van der Waals surface area contributed by atoms with Crippen molar-refractivity contribution >= 4 is 33.2 Å². The standard InChI is InChI=1S/C18H17BrF4N2O/c1-10-4-6-13(11(8-10)9-15(26)25(2)3)24-14-7-5-12(19)16(17(14)20)18(21,22)23/h4-8,24H,9H2,1-3H3. The predicted molar refractivity (Wildman–Crippen MR) is 96.0 cm³/mol. The smallest absolute Gasteiger partial charge is 0.353 e. The number of alkyl halides is 3. The van der Waals surface area contributed by atoms with E-state index in [1.165, 1.54) is 11.0 Å². The largest absolute Gasteiger partial charge is 0.420 e. The highest BCUT2D eigenvalue weighted by Gasteiger charge is 2.37. The quantitative estimate of drug-likeness (QED) is 0.665. The third-order valence-electron chi connectivity index (χ3n) is 3.75. The fraction of sp³-hybridized carbons (Fsp3) is 0.278. The number of carbonyl (C=O) groups excluding carboxylic acids is 1. The Kier molecular flexibility index (Phi) is 5.95. The minimum Gasteiger partial charge on any atom is -0.353 e. The van der Waals surface area contributed by atoms with E-state index in [0.717, 1.165) is 11.6 Å². The van der Waals surface area contributed by atoms with E-state index in [0.29, 0.717) is 11.3 Å². The summed E-state index contributed by atoms with van der Waals surface area (Å²) >= 11 is 2.74. The molecule has 0 saturated heterocycles. The zero-order chi connectivity index (χ0) is 19.6. The van der Waals surface area contributed by atoms with Crippen molar-refractivity contribution in [1.29, 1.82) is 0 Å². The van der Waals surface area contributed by atoms with E-state index < -0.39 is 17.6 Å². The van der Waals surface area contributed by atoms with Gasteiger partial charge in [-0.05, 0) is 30.7 Å². The molecule has 1 amide bonds. The monoisotopic (exact) mass is 432 g/mol. The van der Waals surface area contributed by atoms with Gasteiger partial charge in [0.15, 0.2) is 5.82 Å². The summed E-state index contributed by atoms with van der Waals surface area (Å²) < 4.78 is 53.3. The number of anilines is 2. The molecule has 0 radical (unpaired) electrons. The second-order valence-electron chi connectivity index (χ2n) is 6.03. The van der Waals surface area contributed by atoms with Crippen LogP contribution < -0.4 is 5.32 Å². The summed E-state index contributed by atoms with van der Waals surface area (Å²) in [5, 5.41) is 2.69. The number of hydrogen-bond donors (Lipinski definition) is 1. The van der Waals surface area contributed by atoms with Gasteiger partial charge in [-0.15, -0.1) is 0 Å².